The summed E-state index contributed by atoms with van der Waals surface area (Å²) < 4.78 is 7.04. The molecule has 0 fully saturated rings. The maximum atomic E-state index is 5.21. The number of hydrogen-bond donors (Lipinski definition) is 0. The molecule has 86 valence electrons. The van der Waals surface area contributed by atoms with E-state index in [4.69, 9.17) is 16.7 Å². The van der Waals surface area contributed by atoms with E-state index >= 15 is 0 Å². The Morgan fingerprint density at radius 3 is 2.39 bits per heavy atom. The molecule has 0 unspecified atom stereocenters. The van der Waals surface area contributed by atoms with E-state index in [2.05, 4.69) is 17.3 Å². The zero-order chi connectivity index (χ0) is 12.1. The molecule has 18 heavy (non-hydrogen) atoms. The van der Waals surface area contributed by atoms with Crippen molar-refractivity contribution in [1.29, 1.82) is 0 Å². The highest BCUT2D eigenvalue weighted by molar-refractivity contribution is 7.71. The molecule has 2 aromatic carbocycles. The molecule has 0 aliphatic heterocycles. The molecule has 0 atom stereocenters. The Morgan fingerprint density at radius 1 is 0.889 bits per heavy atom. The second-order valence-corrected chi connectivity index (χ2v) is 4.52. The molecule has 4 rings (SSSR count). The van der Waals surface area contributed by atoms with Crippen molar-refractivity contribution < 1.29 is 4.52 Å². The fourth-order valence-corrected chi connectivity index (χ4v) is 2.66. The number of pyridine rings is 1. The molecule has 3 nitrogen and oxygen atoms in total. The van der Waals surface area contributed by atoms with Crippen LogP contribution in [0, 0.1) is 4.84 Å². The van der Waals surface area contributed by atoms with Gasteiger partial charge in [0, 0.05) is 10.8 Å². The second kappa shape index (κ2) is 3.40. The molecular weight excluding hydrogens is 244 g/mol. The minimum absolute atomic E-state index is 0.381. The predicted molar refractivity (Wildman–Crippen MR) is 73.3 cm³/mol. The molecule has 0 aliphatic carbocycles. The third-order valence-corrected chi connectivity index (χ3v) is 3.46. The highest BCUT2D eigenvalue weighted by Crippen LogP contribution is 2.28. The largest absolute Gasteiger partial charge is 0.323 e. The van der Waals surface area contributed by atoms with Gasteiger partial charge in [-0.15, -0.1) is 0 Å². The minimum atomic E-state index is 0.381. The van der Waals surface area contributed by atoms with Crippen LogP contribution in [0.1, 0.15) is 0 Å². The van der Waals surface area contributed by atoms with Gasteiger partial charge in [-0.2, -0.15) is 0 Å². The van der Waals surface area contributed by atoms with Crippen LogP contribution in [0.25, 0.3) is 27.3 Å². The molecule has 0 bridgehead atoms. The smallest absolute Gasteiger partial charge is 0.302 e. The van der Waals surface area contributed by atoms with Crippen LogP contribution < -0.4 is 0 Å². The van der Waals surface area contributed by atoms with Crippen LogP contribution in [0.2, 0.25) is 0 Å². The van der Waals surface area contributed by atoms with Crippen LogP contribution in [0.3, 0.4) is 0 Å². The van der Waals surface area contributed by atoms with Gasteiger partial charge in [-0.05, 0) is 23.7 Å². The molecule has 2 heterocycles. The summed E-state index contributed by atoms with van der Waals surface area (Å²) in [5, 5.41) is 7.45. The fraction of sp³-hybridized carbons (Fsp3) is 0. The van der Waals surface area contributed by atoms with Gasteiger partial charge in [0.2, 0.25) is 0 Å². The SMILES string of the molecule is S=c1onc2c3ccccc3c3ccccc3n12. The zero-order valence-electron chi connectivity index (χ0n) is 9.33. The van der Waals surface area contributed by atoms with Gasteiger partial charge in [-0.25, -0.2) is 4.40 Å². The maximum absolute atomic E-state index is 5.21. The van der Waals surface area contributed by atoms with E-state index < -0.39 is 0 Å². The molecule has 4 heteroatoms. The standard InChI is InChI=1S/C14H8N2OS/c18-14-16-12-8-4-3-6-10(12)9-5-1-2-7-11(9)13(16)15-17-14/h1-8H. The van der Waals surface area contributed by atoms with E-state index in [9.17, 15) is 0 Å². The van der Waals surface area contributed by atoms with Crippen LogP contribution in [0.5, 0.6) is 0 Å². The quantitative estimate of drug-likeness (QED) is 0.350. The van der Waals surface area contributed by atoms with Crippen LogP contribution in [-0.4, -0.2) is 9.56 Å². The van der Waals surface area contributed by atoms with Crippen molar-refractivity contribution in [1.82, 2.24) is 9.56 Å². The van der Waals surface area contributed by atoms with E-state index in [1.54, 1.807) is 0 Å². The predicted octanol–water partition coefficient (Wildman–Crippen LogP) is 3.96. The van der Waals surface area contributed by atoms with Crippen LogP contribution >= 0.6 is 12.2 Å². The lowest BCUT2D eigenvalue weighted by Gasteiger charge is -2.05. The summed E-state index contributed by atoms with van der Waals surface area (Å²) in [6, 6.07) is 16.3. The summed E-state index contributed by atoms with van der Waals surface area (Å²) in [6.45, 7) is 0. The molecule has 0 saturated heterocycles. The third-order valence-electron chi connectivity index (χ3n) is 3.21. The summed E-state index contributed by atoms with van der Waals surface area (Å²) >= 11 is 5.21. The van der Waals surface area contributed by atoms with Crippen molar-refractivity contribution in [2.24, 2.45) is 0 Å². The summed E-state index contributed by atoms with van der Waals surface area (Å²) in [6.07, 6.45) is 0. The Balaban J connectivity index is 2.52. The highest BCUT2D eigenvalue weighted by Gasteiger charge is 2.10. The van der Waals surface area contributed by atoms with Gasteiger partial charge in [-0.3, -0.25) is 0 Å². The lowest BCUT2D eigenvalue weighted by molar-refractivity contribution is 0.408. The van der Waals surface area contributed by atoms with Crippen LogP contribution in [0.15, 0.2) is 53.1 Å². The Morgan fingerprint density at radius 2 is 1.56 bits per heavy atom. The van der Waals surface area contributed by atoms with Gasteiger partial charge < -0.3 is 4.52 Å². The molecule has 4 aromatic rings. The average molecular weight is 252 g/mol. The first-order valence-corrected chi connectivity index (χ1v) is 6.05. The second-order valence-electron chi connectivity index (χ2n) is 4.17. The lowest BCUT2D eigenvalue weighted by atomic mass is 10.1. The first-order chi connectivity index (χ1) is 8.86. The van der Waals surface area contributed by atoms with Crippen LogP contribution in [-0.2, 0) is 0 Å². The van der Waals surface area contributed by atoms with Crippen molar-refractivity contribution in [2.45, 2.75) is 0 Å². The Bertz CT molecular complexity index is 952. The van der Waals surface area contributed by atoms with Crippen molar-refractivity contribution in [3.63, 3.8) is 0 Å². The van der Waals surface area contributed by atoms with E-state index in [1.165, 1.54) is 0 Å². The van der Waals surface area contributed by atoms with Crippen molar-refractivity contribution in [3.05, 3.63) is 53.4 Å². The maximum Gasteiger partial charge on any atom is 0.302 e. The average Bonchev–Trinajstić information content (AvgIpc) is 2.82. The Kier molecular flexibility index (Phi) is 1.85. The third kappa shape index (κ3) is 1.13. The topological polar surface area (TPSA) is 30.4 Å². The molecule has 0 amide bonds. The first-order valence-electron chi connectivity index (χ1n) is 5.64. The first kappa shape index (κ1) is 9.79. The molecule has 0 saturated carbocycles. The van der Waals surface area contributed by atoms with Gasteiger partial charge in [-0.1, -0.05) is 47.6 Å². The van der Waals surface area contributed by atoms with E-state index in [-0.39, 0.29) is 0 Å². The molecule has 0 aliphatic rings. The zero-order valence-corrected chi connectivity index (χ0v) is 10.1. The van der Waals surface area contributed by atoms with Crippen molar-refractivity contribution in [2.75, 3.05) is 0 Å². The number of rotatable bonds is 0. The summed E-state index contributed by atoms with van der Waals surface area (Å²) in [5.41, 5.74) is 1.80. The molecular formula is C14H8N2OS. The molecule has 0 radical (unpaired) electrons. The van der Waals surface area contributed by atoms with Gasteiger partial charge >= 0.3 is 4.84 Å². The van der Waals surface area contributed by atoms with Crippen molar-refractivity contribution in [3.8, 4) is 0 Å². The molecule has 2 aromatic heterocycles. The van der Waals surface area contributed by atoms with Gasteiger partial charge in [0.15, 0.2) is 5.65 Å². The summed E-state index contributed by atoms with van der Waals surface area (Å²) in [5.74, 6) is 0. The van der Waals surface area contributed by atoms with Gasteiger partial charge in [0.1, 0.15) is 0 Å². The summed E-state index contributed by atoms with van der Waals surface area (Å²) in [4.78, 5) is 0.381. The highest BCUT2D eigenvalue weighted by atomic mass is 32.1. The fourth-order valence-electron chi connectivity index (χ4n) is 2.44. The molecule has 0 spiro atoms. The Labute approximate surface area is 107 Å². The van der Waals surface area contributed by atoms with E-state index in [1.807, 2.05) is 40.8 Å². The summed E-state index contributed by atoms with van der Waals surface area (Å²) in [7, 11) is 0. The number of hydrogen-bond acceptors (Lipinski definition) is 3. The van der Waals surface area contributed by atoms with Gasteiger partial charge in [0.05, 0.1) is 5.52 Å². The van der Waals surface area contributed by atoms with Gasteiger partial charge in [0.25, 0.3) is 0 Å². The number of para-hydroxylation sites is 1. The number of fused-ring (bicyclic) bond motifs is 6. The number of aromatic nitrogens is 2. The lowest BCUT2D eigenvalue weighted by Crippen LogP contribution is -1.90. The Hall–Kier alpha value is -2.20. The van der Waals surface area contributed by atoms with E-state index in [0.29, 0.717) is 4.84 Å². The molecule has 0 N–H and O–H groups in total. The monoisotopic (exact) mass is 252 g/mol. The normalized spacial score (nSPS) is 11.6. The van der Waals surface area contributed by atoms with Crippen LogP contribution in [0.4, 0.5) is 0 Å². The number of benzene rings is 2. The minimum Gasteiger partial charge on any atom is -0.323 e. The van der Waals surface area contributed by atoms with Crippen molar-refractivity contribution >= 4 is 39.5 Å². The van der Waals surface area contributed by atoms with E-state index in [0.717, 1.165) is 27.3 Å². The number of nitrogens with zero attached hydrogens (tertiary/aromatic N) is 2.